The van der Waals surface area contributed by atoms with E-state index < -0.39 is 11.9 Å². The van der Waals surface area contributed by atoms with Gasteiger partial charge in [0.1, 0.15) is 5.69 Å². The van der Waals surface area contributed by atoms with Crippen molar-refractivity contribution in [3.8, 4) is 11.3 Å². The van der Waals surface area contributed by atoms with Crippen molar-refractivity contribution in [2.24, 2.45) is 11.8 Å². The maximum atomic E-state index is 12.9. The molecule has 178 valence electrons. The number of halogens is 3. The molecule has 0 unspecified atom stereocenters. The van der Waals surface area contributed by atoms with Gasteiger partial charge in [-0.25, -0.2) is 0 Å². The van der Waals surface area contributed by atoms with Crippen LogP contribution in [-0.4, -0.2) is 51.0 Å². The third-order valence-corrected chi connectivity index (χ3v) is 6.67. The molecule has 2 aliphatic rings. The molecule has 2 fully saturated rings. The molecule has 0 aromatic carbocycles. The Balaban J connectivity index is 1.32. The number of carbonyl (C=O) groups is 2. The number of carbonyl (C=O) groups excluding carboxylic acids is 2. The summed E-state index contributed by atoms with van der Waals surface area (Å²) in [7, 11) is 0. The van der Waals surface area contributed by atoms with Crippen LogP contribution in [0.25, 0.3) is 11.3 Å². The lowest BCUT2D eigenvalue weighted by molar-refractivity contribution is -0.141. The molecule has 1 aliphatic carbocycles. The van der Waals surface area contributed by atoms with Crippen LogP contribution in [0.2, 0.25) is 0 Å². The van der Waals surface area contributed by atoms with Gasteiger partial charge in [-0.15, -0.1) is 0 Å². The Morgan fingerprint density at radius 1 is 1.09 bits per heavy atom. The molecule has 2 aromatic heterocycles. The highest BCUT2D eigenvalue weighted by atomic mass is 19.4. The van der Waals surface area contributed by atoms with Gasteiger partial charge in [0.15, 0.2) is 5.69 Å². The van der Waals surface area contributed by atoms with Gasteiger partial charge >= 0.3 is 6.18 Å². The molecule has 0 radical (unpaired) electrons. The number of aromatic nitrogens is 3. The van der Waals surface area contributed by atoms with Crippen LogP contribution in [0.3, 0.4) is 0 Å². The maximum Gasteiger partial charge on any atom is 0.433 e. The lowest BCUT2D eigenvalue weighted by atomic mass is 9.86. The molecule has 2 amide bonds. The minimum absolute atomic E-state index is 0.0712. The number of amides is 2. The van der Waals surface area contributed by atoms with Gasteiger partial charge in [-0.1, -0.05) is 6.92 Å². The van der Waals surface area contributed by atoms with Crippen LogP contribution in [0, 0.1) is 11.8 Å². The van der Waals surface area contributed by atoms with Gasteiger partial charge in [-0.2, -0.15) is 18.3 Å². The highest BCUT2D eigenvalue weighted by molar-refractivity contribution is 5.93. The molecular formula is C23H28F3N5O2. The molecule has 0 atom stereocenters. The number of nitrogens with zero attached hydrogens (tertiary/aromatic N) is 3. The van der Waals surface area contributed by atoms with Crippen LogP contribution in [0.5, 0.6) is 0 Å². The molecule has 10 heteroatoms. The van der Waals surface area contributed by atoms with Gasteiger partial charge < -0.3 is 10.2 Å². The summed E-state index contributed by atoms with van der Waals surface area (Å²) in [6.07, 6.45) is 2.00. The summed E-state index contributed by atoms with van der Waals surface area (Å²) in [6.45, 7) is 3.12. The molecule has 0 bridgehead atoms. The SMILES string of the molecule is CC1CCC(NC(=O)C2CCN(C(=O)c3cc(-c4ccnc(C(F)(F)F)c4)[nH]n3)CC2)CC1. The van der Waals surface area contributed by atoms with Crippen LogP contribution >= 0.6 is 0 Å². The quantitative estimate of drug-likeness (QED) is 0.716. The van der Waals surface area contributed by atoms with E-state index in [0.29, 0.717) is 31.6 Å². The number of hydrogen-bond acceptors (Lipinski definition) is 4. The molecule has 1 aliphatic heterocycles. The third-order valence-electron chi connectivity index (χ3n) is 6.67. The number of alkyl halides is 3. The Morgan fingerprint density at radius 3 is 2.45 bits per heavy atom. The predicted molar refractivity (Wildman–Crippen MR) is 115 cm³/mol. The van der Waals surface area contributed by atoms with Crippen molar-refractivity contribution in [1.29, 1.82) is 0 Å². The number of likely N-dealkylation sites (tertiary alicyclic amines) is 1. The van der Waals surface area contributed by atoms with E-state index in [0.717, 1.165) is 43.9 Å². The average molecular weight is 464 g/mol. The summed E-state index contributed by atoms with van der Waals surface area (Å²) in [5.41, 5.74) is -0.321. The van der Waals surface area contributed by atoms with Crippen LogP contribution in [0.15, 0.2) is 24.4 Å². The fourth-order valence-electron chi connectivity index (χ4n) is 4.56. The molecule has 3 heterocycles. The fraction of sp³-hybridized carbons (Fsp3) is 0.565. The van der Waals surface area contributed by atoms with Crippen molar-refractivity contribution >= 4 is 11.8 Å². The largest absolute Gasteiger partial charge is 0.433 e. The molecule has 1 saturated heterocycles. The Labute approximate surface area is 190 Å². The van der Waals surface area contributed by atoms with Gasteiger partial charge in [-0.05, 0) is 62.6 Å². The Morgan fingerprint density at radius 2 is 1.79 bits per heavy atom. The fourth-order valence-corrected chi connectivity index (χ4v) is 4.56. The number of pyridine rings is 1. The van der Waals surface area contributed by atoms with Crippen LogP contribution in [0.4, 0.5) is 13.2 Å². The Kier molecular flexibility index (Phi) is 6.71. The van der Waals surface area contributed by atoms with Gasteiger partial charge in [0.2, 0.25) is 5.91 Å². The van der Waals surface area contributed by atoms with Crippen molar-refractivity contribution < 1.29 is 22.8 Å². The summed E-state index contributed by atoms with van der Waals surface area (Å²) < 4.78 is 38.8. The van der Waals surface area contributed by atoms with E-state index in [1.165, 1.54) is 12.1 Å². The number of aromatic amines is 1. The lowest BCUT2D eigenvalue weighted by Gasteiger charge is -2.33. The highest BCUT2D eigenvalue weighted by Gasteiger charge is 2.33. The molecule has 33 heavy (non-hydrogen) atoms. The molecule has 1 saturated carbocycles. The minimum Gasteiger partial charge on any atom is -0.353 e. The summed E-state index contributed by atoms with van der Waals surface area (Å²) >= 11 is 0. The first-order valence-electron chi connectivity index (χ1n) is 11.4. The Hall–Kier alpha value is -2.91. The van der Waals surface area contributed by atoms with Gasteiger partial charge in [0.25, 0.3) is 5.91 Å². The topological polar surface area (TPSA) is 91.0 Å². The van der Waals surface area contributed by atoms with Crippen molar-refractivity contribution in [1.82, 2.24) is 25.4 Å². The van der Waals surface area contributed by atoms with Gasteiger partial charge in [-0.3, -0.25) is 19.7 Å². The zero-order valence-corrected chi connectivity index (χ0v) is 18.5. The number of hydrogen-bond donors (Lipinski definition) is 2. The van der Waals surface area contributed by atoms with Crippen LogP contribution < -0.4 is 5.32 Å². The normalized spacial score (nSPS) is 22.2. The summed E-state index contributed by atoms with van der Waals surface area (Å²) in [4.78, 5) is 30.5. The lowest BCUT2D eigenvalue weighted by Crippen LogP contribution is -2.46. The van der Waals surface area contributed by atoms with Crippen LogP contribution in [-0.2, 0) is 11.0 Å². The van der Waals surface area contributed by atoms with Crippen molar-refractivity contribution in [2.45, 2.75) is 57.7 Å². The smallest absolute Gasteiger partial charge is 0.353 e. The summed E-state index contributed by atoms with van der Waals surface area (Å²) in [5, 5.41) is 9.82. The van der Waals surface area contributed by atoms with Gasteiger partial charge in [0.05, 0.1) is 5.69 Å². The van der Waals surface area contributed by atoms with E-state index in [-0.39, 0.29) is 35.0 Å². The first-order chi connectivity index (χ1) is 15.7. The van der Waals surface area contributed by atoms with Crippen molar-refractivity contribution in [3.63, 3.8) is 0 Å². The second-order valence-corrected chi connectivity index (χ2v) is 9.13. The maximum absolute atomic E-state index is 12.9. The van der Waals surface area contributed by atoms with E-state index >= 15 is 0 Å². The molecule has 2 N–H and O–H groups in total. The first kappa shape index (κ1) is 23.3. The second-order valence-electron chi connectivity index (χ2n) is 9.13. The van der Waals surface area contributed by atoms with E-state index in [1.54, 1.807) is 4.90 Å². The highest BCUT2D eigenvalue weighted by Crippen LogP contribution is 2.30. The Bertz CT molecular complexity index is 990. The minimum atomic E-state index is -4.55. The monoisotopic (exact) mass is 463 g/mol. The second kappa shape index (κ2) is 9.52. The molecule has 4 rings (SSSR count). The number of H-pyrrole nitrogens is 1. The zero-order chi connectivity index (χ0) is 23.6. The van der Waals surface area contributed by atoms with E-state index in [9.17, 15) is 22.8 Å². The van der Waals surface area contributed by atoms with Crippen molar-refractivity contribution in [2.75, 3.05) is 13.1 Å². The number of nitrogens with one attached hydrogen (secondary N) is 2. The van der Waals surface area contributed by atoms with Gasteiger partial charge in [0, 0.05) is 36.8 Å². The first-order valence-corrected chi connectivity index (χ1v) is 11.4. The van der Waals surface area contributed by atoms with Crippen LogP contribution in [0.1, 0.15) is 61.6 Å². The molecule has 7 nitrogen and oxygen atoms in total. The predicted octanol–water partition coefficient (Wildman–Crippen LogP) is 4.04. The average Bonchev–Trinajstić information content (AvgIpc) is 3.30. The van der Waals surface area contributed by atoms with E-state index in [1.807, 2.05) is 0 Å². The number of piperidine rings is 1. The molecular weight excluding hydrogens is 435 g/mol. The van der Waals surface area contributed by atoms with Crippen molar-refractivity contribution in [3.05, 3.63) is 35.8 Å². The van der Waals surface area contributed by atoms with E-state index in [2.05, 4.69) is 27.4 Å². The molecule has 2 aromatic rings. The summed E-state index contributed by atoms with van der Waals surface area (Å²) in [6, 6.07) is 4.04. The molecule has 0 spiro atoms. The number of rotatable bonds is 4. The van der Waals surface area contributed by atoms with E-state index in [4.69, 9.17) is 0 Å². The summed E-state index contributed by atoms with van der Waals surface area (Å²) in [5.74, 6) is 0.380. The standard InChI is InChI=1S/C23H28F3N5O2/c1-14-2-4-17(5-3-14)28-21(32)15-7-10-31(11-8-15)22(33)19-13-18(29-30-19)16-6-9-27-20(12-16)23(24,25)26/h6,9,12-15,17H,2-5,7-8,10-11H2,1H3,(H,28,32)(H,29,30). The zero-order valence-electron chi connectivity index (χ0n) is 18.5. The third kappa shape index (κ3) is 5.54.